The molecule has 0 saturated heterocycles. The van der Waals surface area contributed by atoms with E-state index in [0.29, 0.717) is 5.75 Å². The van der Waals surface area contributed by atoms with Crippen molar-refractivity contribution in [3.63, 3.8) is 0 Å². The van der Waals surface area contributed by atoms with Crippen LogP contribution in [0.4, 0.5) is 5.69 Å². The van der Waals surface area contributed by atoms with Crippen LogP contribution in [0, 0.1) is 0 Å². The number of benzene rings is 1. The lowest BCUT2D eigenvalue weighted by atomic mass is 10.1. The first-order chi connectivity index (χ1) is 6.79. The molecule has 0 bridgehead atoms. The van der Waals surface area contributed by atoms with Gasteiger partial charge < -0.3 is 15.6 Å². The Bertz CT molecular complexity index is 380. The van der Waals surface area contributed by atoms with Crippen molar-refractivity contribution in [2.45, 2.75) is 26.4 Å². The van der Waals surface area contributed by atoms with Gasteiger partial charge in [-0.25, -0.2) is 4.79 Å². The van der Waals surface area contributed by atoms with E-state index < -0.39 is 5.97 Å². The predicted molar refractivity (Wildman–Crippen MR) is 58.2 cm³/mol. The summed E-state index contributed by atoms with van der Waals surface area (Å²) in [6, 6.07) is 4.63. The zero-order valence-electron chi connectivity index (χ0n) is 9.07. The number of aromatic carboxylic acids is 1. The molecule has 0 aliphatic carbocycles. The smallest absolute Gasteiger partial charge is 0.337 e. The Morgan fingerprint density at radius 1 is 1.40 bits per heavy atom. The minimum Gasteiger partial charge on any atom is -0.488 e. The number of anilines is 1. The number of carboxylic acids is 1. The Morgan fingerprint density at radius 2 is 2.00 bits per heavy atom. The van der Waals surface area contributed by atoms with Gasteiger partial charge in [-0.3, -0.25) is 0 Å². The second kappa shape index (κ2) is 3.81. The van der Waals surface area contributed by atoms with Crippen LogP contribution in [0.3, 0.4) is 0 Å². The van der Waals surface area contributed by atoms with Crippen LogP contribution < -0.4 is 10.5 Å². The summed E-state index contributed by atoms with van der Waals surface area (Å²) >= 11 is 0. The van der Waals surface area contributed by atoms with Crippen molar-refractivity contribution in [3.05, 3.63) is 23.8 Å². The predicted octanol–water partition coefficient (Wildman–Crippen LogP) is 2.14. The summed E-state index contributed by atoms with van der Waals surface area (Å²) in [5.74, 6) is -0.541. The molecule has 0 aromatic heterocycles. The maximum atomic E-state index is 10.8. The van der Waals surface area contributed by atoms with Crippen LogP contribution in [0.25, 0.3) is 0 Å². The number of hydrogen-bond donors (Lipinski definition) is 2. The maximum Gasteiger partial charge on any atom is 0.337 e. The van der Waals surface area contributed by atoms with Gasteiger partial charge in [0.15, 0.2) is 0 Å². The number of nitrogen functional groups attached to an aromatic ring is 1. The van der Waals surface area contributed by atoms with Crippen molar-refractivity contribution >= 4 is 11.7 Å². The summed E-state index contributed by atoms with van der Waals surface area (Å²) in [6.45, 7) is 5.68. The molecule has 3 N–H and O–H groups in total. The fourth-order valence-corrected chi connectivity index (χ4v) is 1.14. The summed E-state index contributed by atoms with van der Waals surface area (Å²) in [5.41, 5.74) is 5.47. The van der Waals surface area contributed by atoms with E-state index in [2.05, 4.69) is 0 Å². The molecular weight excluding hydrogens is 194 g/mol. The minimum absolute atomic E-state index is 0.0664. The minimum atomic E-state index is -1.05. The molecule has 1 aromatic carbocycles. The van der Waals surface area contributed by atoms with E-state index >= 15 is 0 Å². The Hall–Kier alpha value is -1.71. The molecule has 0 aliphatic heterocycles. The lowest BCUT2D eigenvalue weighted by molar-refractivity contribution is 0.0695. The molecule has 0 unspecified atom stereocenters. The monoisotopic (exact) mass is 209 g/mol. The van der Waals surface area contributed by atoms with Crippen LogP contribution in [0.1, 0.15) is 31.1 Å². The van der Waals surface area contributed by atoms with Gasteiger partial charge in [0.25, 0.3) is 0 Å². The standard InChI is InChI=1S/C11H15NO3/c1-11(2,3)15-7-4-5-9(12)8(6-7)10(13)14/h4-6H,12H2,1-3H3,(H,13,14). The van der Waals surface area contributed by atoms with E-state index in [0.717, 1.165) is 0 Å². The molecule has 0 amide bonds. The fourth-order valence-electron chi connectivity index (χ4n) is 1.14. The van der Waals surface area contributed by atoms with Crippen LogP contribution in [0.15, 0.2) is 18.2 Å². The SMILES string of the molecule is CC(C)(C)Oc1ccc(N)c(C(=O)O)c1. The fraction of sp³-hybridized carbons (Fsp3) is 0.364. The number of carboxylic acid groups (broad SMARTS) is 1. The molecule has 15 heavy (non-hydrogen) atoms. The Kier molecular flexibility index (Phi) is 2.88. The maximum absolute atomic E-state index is 10.8. The summed E-state index contributed by atoms with van der Waals surface area (Å²) in [7, 11) is 0. The third kappa shape index (κ3) is 3.16. The van der Waals surface area contributed by atoms with Crippen LogP contribution in [0.5, 0.6) is 5.75 Å². The lowest BCUT2D eigenvalue weighted by Gasteiger charge is -2.21. The molecule has 0 atom stereocenters. The van der Waals surface area contributed by atoms with E-state index in [4.69, 9.17) is 15.6 Å². The molecular formula is C11H15NO3. The molecule has 0 saturated carbocycles. The van der Waals surface area contributed by atoms with E-state index in [1.165, 1.54) is 12.1 Å². The van der Waals surface area contributed by atoms with Crippen LogP contribution in [-0.4, -0.2) is 16.7 Å². The van der Waals surface area contributed by atoms with E-state index in [-0.39, 0.29) is 16.9 Å². The highest BCUT2D eigenvalue weighted by Gasteiger charge is 2.14. The van der Waals surface area contributed by atoms with E-state index in [1.807, 2.05) is 20.8 Å². The summed E-state index contributed by atoms with van der Waals surface area (Å²) in [4.78, 5) is 10.8. The number of hydrogen-bond acceptors (Lipinski definition) is 3. The molecule has 4 nitrogen and oxygen atoms in total. The highest BCUT2D eigenvalue weighted by Crippen LogP contribution is 2.23. The molecule has 0 heterocycles. The van der Waals surface area contributed by atoms with Crippen molar-refractivity contribution < 1.29 is 14.6 Å². The highest BCUT2D eigenvalue weighted by atomic mass is 16.5. The second-order valence-corrected chi connectivity index (χ2v) is 4.27. The number of carbonyl (C=O) groups is 1. The third-order valence-electron chi connectivity index (χ3n) is 1.68. The molecule has 0 aliphatic rings. The first-order valence-electron chi connectivity index (χ1n) is 4.61. The van der Waals surface area contributed by atoms with Crippen LogP contribution in [-0.2, 0) is 0 Å². The van der Waals surface area contributed by atoms with Crippen molar-refractivity contribution in [2.75, 3.05) is 5.73 Å². The van der Waals surface area contributed by atoms with Gasteiger partial charge in [-0.2, -0.15) is 0 Å². The Labute approximate surface area is 88.7 Å². The van der Waals surface area contributed by atoms with Crippen molar-refractivity contribution in [1.82, 2.24) is 0 Å². The topological polar surface area (TPSA) is 72.5 Å². The van der Waals surface area contributed by atoms with Gasteiger partial charge in [0.1, 0.15) is 11.4 Å². The molecule has 1 aromatic rings. The normalized spacial score (nSPS) is 11.1. The molecule has 0 fully saturated rings. The molecule has 0 radical (unpaired) electrons. The van der Waals surface area contributed by atoms with Gasteiger partial charge in [-0.1, -0.05) is 0 Å². The molecule has 0 spiro atoms. The average molecular weight is 209 g/mol. The van der Waals surface area contributed by atoms with Crippen LogP contribution >= 0.6 is 0 Å². The average Bonchev–Trinajstić information content (AvgIpc) is 2.05. The summed E-state index contributed by atoms with van der Waals surface area (Å²) in [6.07, 6.45) is 0. The van der Waals surface area contributed by atoms with Gasteiger partial charge in [-0.05, 0) is 39.0 Å². The second-order valence-electron chi connectivity index (χ2n) is 4.27. The number of ether oxygens (including phenoxy) is 1. The Morgan fingerprint density at radius 3 is 2.47 bits per heavy atom. The first kappa shape index (κ1) is 11.4. The zero-order valence-corrected chi connectivity index (χ0v) is 9.07. The quantitative estimate of drug-likeness (QED) is 0.732. The van der Waals surface area contributed by atoms with Crippen LogP contribution in [0.2, 0.25) is 0 Å². The number of rotatable bonds is 2. The highest BCUT2D eigenvalue weighted by molar-refractivity contribution is 5.94. The van der Waals surface area contributed by atoms with E-state index in [9.17, 15) is 4.79 Å². The van der Waals surface area contributed by atoms with Gasteiger partial charge >= 0.3 is 5.97 Å². The lowest BCUT2D eigenvalue weighted by Crippen LogP contribution is -2.23. The van der Waals surface area contributed by atoms with Gasteiger partial charge in [0, 0.05) is 5.69 Å². The zero-order chi connectivity index (χ0) is 11.6. The molecule has 82 valence electrons. The van der Waals surface area contributed by atoms with Gasteiger partial charge in [0.05, 0.1) is 5.56 Å². The van der Waals surface area contributed by atoms with Crippen molar-refractivity contribution in [1.29, 1.82) is 0 Å². The first-order valence-corrected chi connectivity index (χ1v) is 4.61. The van der Waals surface area contributed by atoms with Gasteiger partial charge in [-0.15, -0.1) is 0 Å². The molecule has 4 heteroatoms. The largest absolute Gasteiger partial charge is 0.488 e. The summed E-state index contributed by atoms with van der Waals surface area (Å²) in [5, 5.41) is 8.85. The van der Waals surface area contributed by atoms with E-state index in [1.54, 1.807) is 6.07 Å². The summed E-state index contributed by atoms with van der Waals surface area (Å²) < 4.78 is 5.53. The Balaban J connectivity index is 3.03. The van der Waals surface area contributed by atoms with Crippen molar-refractivity contribution in [2.24, 2.45) is 0 Å². The van der Waals surface area contributed by atoms with Gasteiger partial charge in [0.2, 0.25) is 0 Å². The third-order valence-corrected chi connectivity index (χ3v) is 1.68. The van der Waals surface area contributed by atoms with Crippen molar-refractivity contribution in [3.8, 4) is 5.75 Å². The number of nitrogens with two attached hydrogens (primary N) is 1. The molecule has 1 rings (SSSR count).